The number of nitrogens with zero attached hydrogens (tertiary/aromatic N) is 3. The lowest BCUT2D eigenvalue weighted by Gasteiger charge is -2.34. The van der Waals surface area contributed by atoms with Crippen molar-refractivity contribution in [1.82, 2.24) is 9.97 Å². The van der Waals surface area contributed by atoms with Crippen LogP contribution in [-0.4, -0.2) is 9.97 Å². The zero-order valence-electron chi connectivity index (χ0n) is 22.0. The van der Waals surface area contributed by atoms with Crippen molar-refractivity contribution in [3.8, 4) is 11.5 Å². The number of aryl methyl sites for hydroxylation is 4. The van der Waals surface area contributed by atoms with E-state index in [9.17, 15) is 0 Å². The fourth-order valence-electron chi connectivity index (χ4n) is 5.29. The Balaban J connectivity index is 1.69. The van der Waals surface area contributed by atoms with E-state index in [-0.39, 0.29) is 5.41 Å². The number of fused-ring (bicyclic) bond motifs is 6. The van der Waals surface area contributed by atoms with Crippen LogP contribution in [0.4, 0.5) is 17.3 Å². The molecule has 0 N–H and O–H groups in total. The molecular weight excluding hydrogens is 442 g/mol. The molecule has 4 heteroatoms. The van der Waals surface area contributed by atoms with Gasteiger partial charge in [0.2, 0.25) is 0 Å². The van der Waals surface area contributed by atoms with Gasteiger partial charge in [-0.05, 0) is 61.9 Å². The molecule has 1 aliphatic heterocycles. The van der Waals surface area contributed by atoms with Crippen LogP contribution < -0.4 is 9.64 Å². The third-order valence-electron chi connectivity index (χ3n) is 7.17. The van der Waals surface area contributed by atoms with Gasteiger partial charge in [-0.15, -0.1) is 0 Å². The molecule has 4 nitrogen and oxygen atoms in total. The van der Waals surface area contributed by atoms with Gasteiger partial charge in [0.25, 0.3) is 0 Å². The lowest BCUT2D eigenvalue weighted by Crippen LogP contribution is -2.21. The molecule has 0 amide bonds. The Morgan fingerprint density at radius 3 is 1.58 bits per heavy atom. The lowest BCUT2D eigenvalue weighted by atomic mass is 9.84. The Hall–Kier alpha value is -3.92. The van der Waals surface area contributed by atoms with E-state index in [1.807, 2.05) is 12.4 Å². The van der Waals surface area contributed by atoms with Crippen LogP contribution in [0.15, 0.2) is 60.9 Å². The Morgan fingerprint density at radius 1 is 0.667 bits per heavy atom. The number of hydrogen-bond acceptors (Lipinski definition) is 4. The normalized spacial score (nSPS) is 13.0. The Morgan fingerprint density at radius 2 is 1.14 bits per heavy atom. The maximum atomic E-state index is 6.73. The first-order chi connectivity index (χ1) is 17.1. The van der Waals surface area contributed by atoms with Crippen molar-refractivity contribution in [2.45, 2.75) is 53.9 Å². The van der Waals surface area contributed by atoms with Gasteiger partial charge in [-0.1, -0.05) is 68.3 Å². The van der Waals surface area contributed by atoms with E-state index >= 15 is 0 Å². The standard InChI is InChI=1S/C32H31N3O/c1-18-8-10-25-22(12-18)16-33-30-28(25)36-29-26-11-9-19(2)13-23(26)17-34-31(29)35(30)27-20(3)14-24(15-21(27)4)32(5,6)7/h8-17H,1-7H3. The highest BCUT2D eigenvalue weighted by atomic mass is 16.5. The van der Waals surface area contributed by atoms with Gasteiger partial charge in [0.1, 0.15) is 0 Å². The summed E-state index contributed by atoms with van der Waals surface area (Å²) in [6.45, 7) is 15.3. The average Bonchev–Trinajstić information content (AvgIpc) is 2.81. The molecule has 0 saturated carbocycles. The third kappa shape index (κ3) is 3.43. The molecule has 36 heavy (non-hydrogen) atoms. The number of rotatable bonds is 1. The first-order valence-electron chi connectivity index (χ1n) is 12.5. The number of pyridine rings is 2. The smallest absolute Gasteiger partial charge is 0.183 e. The summed E-state index contributed by atoms with van der Waals surface area (Å²) in [6, 6.07) is 17.4. The maximum Gasteiger partial charge on any atom is 0.183 e. The van der Waals surface area contributed by atoms with Gasteiger partial charge in [-0.3, -0.25) is 4.90 Å². The highest BCUT2D eigenvalue weighted by Gasteiger charge is 2.33. The molecule has 0 bridgehead atoms. The van der Waals surface area contributed by atoms with E-state index in [1.54, 1.807) is 0 Å². The van der Waals surface area contributed by atoms with Crippen molar-refractivity contribution < 1.29 is 4.74 Å². The van der Waals surface area contributed by atoms with E-state index in [1.165, 1.54) is 27.8 Å². The number of benzene rings is 3. The number of hydrogen-bond donors (Lipinski definition) is 0. The van der Waals surface area contributed by atoms with Crippen LogP contribution >= 0.6 is 0 Å². The molecule has 5 aromatic rings. The van der Waals surface area contributed by atoms with Crippen molar-refractivity contribution in [2.75, 3.05) is 4.90 Å². The second-order valence-corrected chi connectivity index (χ2v) is 11.1. The second-order valence-electron chi connectivity index (χ2n) is 11.1. The molecular formula is C32H31N3O. The van der Waals surface area contributed by atoms with E-state index in [0.29, 0.717) is 0 Å². The summed E-state index contributed by atoms with van der Waals surface area (Å²) in [5, 5.41) is 4.23. The minimum absolute atomic E-state index is 0.0630. The van der Waals surface area contributed by atoms with Crippen LogP contribution in [-0.2, 0) is 5.41 Å². The van der Waals surface area contributed by atoms with Gasteiger partial charge in [0.15, 0.2) is 23.1 Å². The third-order valence-corrected chi connectivity index (χ3v) is 7.17. The fourth-order valence-corrected chi connectivity index (χ4v) is 5.29. The van der Waals surface area contributed by atoms with Gasteiger partial charge in [0.05, 0.1) is 5.69 Å². The van der Waals surface area contributed by atoms with Crippen molar-refractivity contribution in [3.05, 3.63) is 88.7 Å². The van der Waals surface area contributed by atoms with Crippen LogP contribution in [0, 0.1) is 27.7 Å². The molecule has 0 saturated heterocycles. The van der Waals surface area contributed by atoms with E-state index < -0.39 is 0 Å². The summed E-state index contributed by atoms with van der Waals surface area (Å²) < 4.78 is 6.73. The second kappa shape index (κ2) is 7.79. The predicted octanol–water partition coefficient (Wildman–Crippen LogP) is 8.89. The molecule has 3 aromatic carbocycles. The molecule has 0 spiro atoms. The molecule has 0 aliphatic carbocycles. The van der Waals surface area contributed by atoms with E-state index in [0.717, 1.165) is 50.4 Å². The predicted molar refractivity (Wildman–Crippen MR) is 149 cm³/mol. The summed E-state index contributed by atoms with van der Waals surface area (Å²) in [7, 11) is 0. The molecule has 0 fully saturated rings. The minimum atomic E-state index is 0.0630. The highest BCUT2D eigenvalue weighted by molar-refractivity contribution is 6.02. The minimum Gasteiger partial charge on any atom is -0.448 e. The van der Waals surface area contributed by atoms with Crippen LogP contribution in [0.25, 0.3) is 21.5 Å². The Kier molecular flexibility index (Phi) is 4.88. The van der Waals surface area contributed by atoms with Crippen molar-refractivity contribution in [3.63, 3.8) is 0 Å². The lowest BCUT2D eigenvalue weighted by molar-refractivity contribution is 0.482. The molecule has 3 heterocycles. The number of anilines is 3. The molecule has 1 aliphatic rings. The van der Waals surface area contributed by atoms with Gasteiger partial charge in [-0.2, -0.15) is 0 Å². The zero-order valence-corrected chi connectivity index (χ0v) is 22.0. The number of aromatic nitrogens is 2. The topological polar surface area (TPSA) is 38.2 Å². The van der Waals surface area contributed by atoms with Crippen LogP contribution in [0.1, 0.15) is 48.6 Å². The average molecular weight is 474 g/mol. The van der Waals surface area contributed by atoms with Crippen molar-refractivity contribution in [2.24, 2.45) is 0 Å². The van der Waals surface area contributed by atoms with Gasteiger partial charge >= 0.3 is 0 Å². The number of ether oxygens (including phenoxy) is 1. The van der Waals surface area contributed by atoms with E-state index in [2.05, 4.69) is 102 Å². The Bertz CT molecular complexity index is 1580. The first kappa shape index (κ1) is 22.5. The molecule has 180 valence electrons. The molecule has 0 unspecified atom stereocenters. The molecule has 0 atom stereocenters. The Labute approximate surface area is 212 Å². The quantitative estimate of drug-likeness (QED) is 0.239. The van der Waals surface area contributed by atoms with Gasteiger partial charge < -0.3 is 4.74 Å². The molecule has 0 radical (unpaired) electrons. The van der Waals surface area contributed by atoms with Crippen LogP contribution in [0.5, 0.6) is 11.5 Å². The monoisotopic (exact) mass is 473 g/mol. The van der Waals surface area contributed by atoms with Gasteiger partial charge in [0, 0.05) is 33.9 Å². The highest BCUT2D eigenvalue weighted by Crippen LogP contribution is 2.54. The molecule has 2 aromatic heterocycles. The van der Waals surface area contributed by atoms with Gasteiger partial charge in [-0.25, -0.2) is 9.97 Å². The zero-order chi connectivity index (χ0) is 25.4. The van der Waals surface area contributed by atoms with Crippen LogP contribution in [0.3, 0.4) is 0 Å². The van der Waals surface area contributed by atoms with Crippen molar-refractivity contribution in [1.29, 1.82) is 0 Å². The fraction of sp³-hybridized carbons (Fsp3) is 0.250. The summed E-state index contributed by atoms with van der Waals surface area (Å²) >= 11 is 0. The SMILES string of the molecule is Cc1ccc2c3c(ncc2c1)N(c1c(C)cc(C(C)(C)C)cc1C)c1ncc2cc(C)ccc2c1O3. The maximum absolute atomic E-state index is 6.73. The largest absolute Gasteiger partial charge is 0.448 e. The van der Waals surface area contributed by atoms with E-state index in [4.69, 9.17) is 14.7 Å². The van der Waals surface area contributed by atoms with Crippen molar-refractivity contribution >= 4 is 38.9 Å². The first-order valence-corrected chi connectivity index (χ1v) is 12.5. The summed E-state index contributed by atoms with van der Waals surface area (Å²) in [5.41, 5.74) is 7.26. The van der Waals surface area contributed by atoms with Crippen LogP contribution in [0.2, 0.25) is 0 Å². The summed E-state index contributed by atoms with van der Waals surface area (Å²) in [5.74, 6) is 3.09. The molecule has 6 rings (SSSR count). The summed E-state index contributed by atoms with van der Waals surface area (Å²) in [4.78, 5) is 12.1. The summed E-state index contributed by atoms with van der Waals surface area (Å²) in [6.07, 6.45) is 3.89.